The van der Waals surface area contributed by atoms with E-state index in [2.05, 4.69) is 18.9 Å². The molecule has 19 heavy (non-hydrogen) atoms. The Bertz CT molecular complexity index is 537. The van der Waals surface area contributed by atoms with E-state index >= 15 is 0 Å². The van der Waals surface area contributed by atoms with Gasteiger partial charge in [0.15, 0.2) is 0 Å². The maximum absolute atomic E-state index is 10.4. The van der Waals surface area contributed by atoms with Crippen molar-refractivity contribution in [3.63, 3.8) is 0 Å². The zero-order valence-corrected chi connectivity index (χ0v) is 12.1. The Morgan fingerprint density at radius 2 is 1.79 bits per heavy atom. The van der Waals surface area contributed by atoms with E-state index in [4.69, 9.17) is 0 Å². The minimum Gasteiger partial charge on any atom is -0.388 e. The summed E-state index contributed by atoms with van der Waals surface area (Å²) >= 11 is 0. The fourth-order valence-corrected chi connectivity index (χ4v) is 2.43. The number of aryl methyl sites for hydroxylation is 2. The molecule has 0 fully saturated rings. The fourth-order valence-electron chi connectivity index (χ4n) is 2.43. The summed E-state index contributed by atoms with van der Waals surface area (Å²) in [5.74, 6) is 0. The molecule has 0 aliphatic rings. The van der Waals surface area contributed by atoms with E-state index in [1.165, 1.54) is 0 Å². The number of aliphatic hydroxyl groups is 1. The molecule has 1 aromatic heterocycles. The summed E-state index contributed by atoms with van der Waals surface area (Å²) in [7, 11) is 0. The number of benzene rings is 1. The van der Waals surface area contributed by atoms with Crippen LogP contribution in [-0.2, 0) is 6.42 Å². The molecule has 0 radical (unpaired) electrons. The summed E-state index contributed by atoms with van der Waals surface area (Å²) in [4.78, 5) is 0. The van der Waals surface area contributed by atoms with Gasteiger partial charge in [0, 0.05) is 18.7 Å². The van der Waals surface area contributed by atoms with E-state index < -0.39 is 6.10 Å². The van der Waals surface area contributed by atoms with Gasteiger partial charge in [-0.2, -0.15) is 5.10 Å². The van der Waals surface area contributed by atoms with Crippen LogP contribution in [0.3, 0.4) is 0 Å². The lowest BCUT2D eigenvalue weighted by atomic mass is 9.95. The van der Waals surface area contributed by atoms with Crippen molar-refractivity contribution in [3.05, 3.63) is 52.8 Å². The van der Waals surface area contributed by atoms with Gasteiger partial charge in [0.2, 0.25) is 0 Å². The molecule has 0 bridgehead atoms. The number of rotatable bonds is 4. The topological polar surface area (TPSA) is 38.0 Å². The highest BCUT2D eigenvalue weighted by Crippen LogP contribution is 2.24. The quantitative estimate of drug-likeness (QED) is 0.913. The normalized spacial score (nSPS) is 12.9. The lowest BCUT2D eigenvalue weighted by Crippen LogP contribution is -2.08. The zero-order valence-electron chi connectivity index (χ0n) is 12.1. The number of aliphatic hydroxyl groups excluding tert-OH is 1. The van der Waals surface area contributed by atoms with Crippen molar-refractivity contribution in [1.29, 1.82) is 0 Å². The van der Waals surface area contributed by atoms with Crippen LogP contribution < -0.4 is 0 Å². The predicted octanol–water partition coefficient (Wildman–Crippen LogP) is 3.36. The number of hydrogen-bond acceptors (Lipinski definition) is 2. The van der Waals surface area contributed by atoms with Gasteiger partial charge in [0.25, 0.3) is 0 Å². The minimum absolute atomic E-state index is 0.353. The monoisotopic (exact) mass is 258 g/mol. The van der Waals surface area contributed by atoms with Crippen LogP contribution in [0.1, 0.15) is 48.4 Å². The lowest BCUT2D eigenvalue weighted by molar-refractivity contribution is 0.175. The van der Waals surface area contributed by atoms with Crippen molar-refractivity contribution >= 4 is 0 Å². The van der Waals surface area contributed by atoms with Crippen molar-refractivity contribution < 1.29 is 5.11 Å². The van der Waals surface area contributed by atoms with Crippen LogP contribution in [0.5, 0.6) is 0 Å². The van der Waals surface area contributed by atoms with Crippen molar-refractivity contribution in [2.24, 2.45) is 0 Å². The summed E-state index contributed by atoms with van der Waals surface area (Å²) < 4.78 is 1.92. The Balaban J connectivity index is 2.18. The first-order valence-corrected chi connectivity index (χ1v) is 6.77. The van der Waals surface area contributed by atoms with Gasteiger partial charge < -0.3 is 5.11 Å². The zero-order chi connectivity index (χ0) is 14.0. The van der Waals surface area contributed by atoms with Crippen LogP contribution in [0.4, 0.5) is 0 Å². The maximum Gasteiger partial charge on any atom is 0.0851 e. The van der Waals surface area contributed by atoms with Crippen molar-refractivity contribution in [1.82, 2.24) is 9.78 Å². The van der Waals surface area contributed by atoms with Gasteiger partial charge in [-0.15, -0.1) is 0 Å². The van der Waals surface area contributed by atoms with Gasteiger partial charge in [-0.25, -0.2) is 0 Å². The summed E-state index contributed by atoms with van der Waals surface area (Å²) in [6.45, 7) is 8.27. The molecule has 1 heterocycles. The molecule has 1 unspecified atom stereocenters. The molecule has 0 saturated heterocycles. The van der Waals surface area contributed by atoms with Crippen molar-refractivity contribution in [3.8, 4) is 0 Å². The molecule has 1 atom stereocenters. The summed E-state index contributed by atoms with van der Waals surface area (Å²) in [6.07, 6.45) is 2.04. The maximum atomic E-state index is 10.4. The van der Waals surface area contributed by atoms with E-state index in [1.807, 2.05) is 49.0 Å². The first-order chi connectivity index (χ1) is 8.99. The highest BCUT2D eigenvalue weighted by Gasteiger charge is 2.15. The molecular weight excluding hydrogens is 236 g/mol. The van der Waals surface area contributed by atoms with E-state index in [1.54, 1.807) is 0 Å². The number of hydrogen-bond donors (Lipinski definition) is 1. The van der Waals surface area contributed by atoms with Crippen LogP contribution in [-0.4, -0.2) is 14.9 Å². The summed E-state index contributed by atoms with van der Waals surface area (Å²) in [6, 6.07) is 8.44. The standard InChI is InChI=1S/C16H22N2O/c1-11(2)18-9-8-14(17-18)10-15(19)16-12(3)6-5-7-13(16)4/h5-9,11,15,19H,10H2,1-4H3. The Kier molecular flexibility index (Phi) is 4.05. The third-order valence-corrected chi connectivity index (χ3v) is 3.47. The second kappa shape index (κ2) is 5.57. The van der Waals surface area contributed by atoms with Crippen LogP contribution in [0.25, 0.3) is 0 Å². The lowest BCUT2D eigenvalue weighted by Gasteiger charge is -2.15. The Morgan fingerprint density at radius 3 is 2.32 bits per heavy atom. The molecule has 2 rings (SSSR count). The molecule has 0 amide bonds. The average Bonchev–Trinajstić information content (AvgIpc) is 2.77. The van der Waals surface area contributed by atoms with Gasteiger partial charge in [0.05, 0.1) is 11.8 Å². The minimum atomic E-state index is -0.489. The predicted molar refractivity (Wildman–Crippen MR) is 77.2 cm³/mol. The fraction of sp³-hybridized carbons (Fsp3) is 0.438. The van der Waals surface area contributed by atoms with E-state index in [0.717, 1.165) is 22.4 Å². The molecule has 0 aliphatic carbocycles. The van der Waals surface area contributed by atoms with Crippen molar-refractivity contribution in [2.45, 2.75) is 46.3 Å². The third kappa shape index (κ3) is 3.04. The van der Waals surface area contributed by atoms with Crippen LogP contribution in [0.15, 0.2) is 30.5 Å². The molecule has 0 saturated carbocycles. The first kappa shape index (κ1) is 13.8. The highest BCUT2D eigenvalue weighted by atomic mass is 16.3. The summed E-state index contributed by atoms with van der Waals surface area (Å²) in [5.41, 5.74) is 4.23. The number of nitrogens with zero attached hydrogens (tertiary/aromatic N) is 2. The molecule has 2 aromatic rings. The molecule has 102 valence electrons. The number of aromatic nitrogens is 2. The second-order valence-corrected chi connectivity index (χ2v) is 5.41. The largest absolute Gasteiger partial charge is 0.388 e. The van der Waals surface area contributed by atoms with Crippen molar-refractivity contribution in [2.75, 3.05) is 0 Å². The Hall–Kier alpha value is -1.61. The van der Waals surface area contributed by atoms with E-state index in [0.29, 0.717) is 12.5 Å². The van der Waals surface area contributed by atoms with E-state index in [9.17, 15) is 5.11 Å². The molecular formula is C16H22N2O. The van der Waals surface area contributed by atoms with Crippen LogP contribution in [0, 0.1) is 13.8 Å². The molecule has 1 N–H and O–H groups in total. The third-order valence-electron chi connectivity index (χ3n) is 3.47. The first-order valence-electron chi connectivity index (χ1n) is 6.77. The SMILES string of the molecule is Cc1cccc(C)c1C(O)Cc1ccn(C(C)C)n1. The van der Waals surface area contributed by atoms with Gasteiger partial charge in [-0.1, -0.05) is 18.2 Å². The molecule has 0 aliphatic heterocycles. The Morgan fingerprint density at radius 1 is 1.16 bits per heavy atom. The average molecular weight is 258 g/mol. The van der Waals surface area contributed by atoms with Crippen LogP contribution >= 0.6 is 0 Å². The molecule has 3 nitrogen and oxygen atoms in total. The van der Waals surface area contributed by atoms with E-state index in [-0.39, 0.29) is 0 Å². The smallest absolute Gasteiger partial charge is 0.0851 e. The van der Waals surface area contributed by atoms with Gasteiger partial charge in [-0.05, 0) is 50.5 Å². The summed E-state index contributed by atoms with van der Waals surface area (Å²) in [5, 5.41) is 14.9. The van der Waals surface area contributed by atoms with Gasteiger partial charge in [-0.3, -0.25) is 4.68 Å². The molecule has 1 aromatic carbocycles. The van der Waals surface area contributed by atoms with Gasteiger partial charge in [0.1, 0.15) is 0 Å². The molecule has 3 heteroatoms. The van der Waals surface area contributed by atoms with Gasteiger partial charge >= 0.3 is 0 Å². The van der Waals surface area contributed by atoms with Crippen LogP contribution in [0.2, 0.25) is 0 Å². The second-order valence-electron chi connectivity index (χ2n) is 5.41. The Labute approximate surface area is 114 Å². The molecule has 0 spiro atoms. The highest BCUT2D eigenvalue weighted by molar-refractivity contribution is 5.35.